The molecule has 0 aliphatic carbocycles. The lowest BCUT2D eigenvalue weighted by molar-refractivity contribution is -0.386. The maximum atomic E-state index is 11.0. The third-order valence-electron chi connectivity index (χ3n) is 2.37. The second kappa shape index (κ2) is 5.03. The number of hydrogen-bond donors (Lipinski definition) is 0. The molecule has 6 nitrogen and oxygen atoms in total. The van der Waals surface area contributed by atoms with Crippen LogP contribution in [0, 0.1) is 10.1 Å². The van der Waals surface area contributed by atoms with E-state index in [1.54, 1.807) is 18.3 Å². The molecule has 0 amide bonds. The van der Waals surface area contributed by atoms with Gasteiger partial charge in [-0.1, -0.05) is 18.5 Å². The summed E-state index contributed by atoms with van der Waals surface area (Å²) in [6.45, 7) is 1.81. The number of hydrogen-bond acceptors (Lipinski definition) is 4. The van der Waals surface area contributed by atoms with E-state index >= 15 is 0 Å². The third-order valence-corrected chi connectivity index (χ3v) is 3.20. The molecule has 2 aromatic rings. The predicted molar refractivity (Wildman–Crippen MR) is 70.1 cm³/mol. The maximum absolute atomic E-state index is 11.0. The first-order chi connectivity index (χ1) is 8.56. The SMILES string of the molecule is CCc1c([N+](=O)[O-])c(Br)nn1-c1ncccc1Cl. The molecule has 0 spiro atoms. The van der Waals surface area contributed by atoms with Gasteiger partial charge in [0.15, 0.2) is 5.82 Å². The van der Waals surface area contributed by atoms with Crippen molar-refractivity contribution in [1.29, 1.82) is 0 Å². The molecule has 0 aliphatic heterocycles. The molecule has 0 radical (unpaired) electrons. The largest absolute Gasteiger partial charge is 0.325 e. The van der Waals surface area contributed by atoms with Crippen LogP contribution in [-0.2, 0) is 6.42 Å². The molecule has 2 heterocycles. The van der Waals surface area contributed by atoms with Crippen molar-refractivity contribution in [2.24, 2.45) is 0 Å². The molecule has 0 unspecified atom stereocenters. The number of nitrogens with zero attached hydrogens (tertiary/aromatic N) is 4. The molecular formula is C10H8BrClN4O2. The first-order valence-corrected chi connectivity index (χ1v) is 6.26. The number of pyridine rings is 1. The summed E-state index contributed by atoms with van der Waals surface area (Å²) < 4.78 is 1.57. The molecule has 0 saturated carbocycles. The van der Waals surface area contributed by atoms with Crippen LogP contribution in [0.3, 0.4) is 0 Å². The lowest BCUT2D eigenvalue weighted by Gasteiger charge is -2.05. The van der Waals surface area contributed by atoms with Gasteiger partial charge in [-0.15, -0.1) is 0 Å². The minimum Gasteiger partial charge on any atom is -0.258 e. The van der Waals surface area contributed by atoms with E-state index in [-0.39, 0.29) is 10.3 Å². The normalized spacial score (nSPS) is 10.6. The van der Waals surface area contributed by atoms with Crippen molar-refractivity contribution >= 4 is 33.2 Å². The molecule has 2 rings (SSSR count). The van der Waals surface area contributed by atoms with Gasteiger partial charge in [0.1, 0.15) is 5.69 Å². The van der Waals surface area contributed by atoms with Gasteiger partial charge in [0.05, 0.1) is 9.95 Å². The van der Waals surface area contributed by atoms with E-state index in [1.807, 2.05) is 6.92 Å². The second-order valence-electron chi connectivity index (χ2n) is 3.42. The van der Waals surface area contributed by atoms with Crippen molar-refractivity contribution in [3.8, 4) is 5.82 Å². The molecule has 0 N–H and O–H groups in total. The number of rotatable bonds is 3. The Balaban J connectivity index is 2.70. The Bertz CT molecular complexity index is 614. The monoisotopic (exact) mass is 330 g/mol. The number of halogens is 2. The van der Waals surface area contributed by atoms with Crippen molar-refractivity contribution < 1.29 is 4.92 Å². The first kappa shape index (κ1) is 13.0. The van der Waals surface area contributed by atoms with Gasteiger partial charge in [-0.2, -0.15) is 5.10 Å². The van der Waals surface area contributed by atoms with Crippen molar-refractivity contribution in [2.75, 3.05) is 0 Å². The van der Waals surface area contributed by atoms with Gasteiger partial charge in [-0.25, -0.2) is 9.67 Å². The fourth-order valence-corrected chi connectivity index (χ4v) is 2.36. The molecular weight excluding hydrogens is 323 g/mol. The zero-order valence-corrected chi connectivity index (χ0v) is 11.6. The summed E-state index contributed by atoms with van der Waals surface area (Å²) >= 11 is 9.11. The average molecular weight is 332 g/mol. The van der Waals surface area contributed by atoms with Crippen LogP contribution in [0.1, 0.15) is 12.6 Å². The van der Waals surface area contributed by atoms with Gasteiger partial charge in [-0.3, -0.25) is 10.1 Å². The minimum absolute atomic E-state index is 0.0563. The highest BCUT2D eigenvalue weighted by Gasteiger charge is 2.26. The summed E-state index contributed by atoms with van der Waals surface area (Å²) in [6, 6.07) is 3.34. The number of aromatic nitrogens is 3. The Kier molecular flexibility index (Phi) is 3.63. The highest BCUT2D eigenvalue weighted by atomic mass is 79.9. The highest BCUT2D eigenvalue weighted by molar-refractivity contribution is 9.10. The van der Waals surface area contributed by atoms with Crippen LogP contribution in [-0.4, -0.2) is 19.7 Å². The van der Waals surface area contributed by atoms with Gasteiger partial charge in [-0.05, 0) is 34.5 Å². The molecule has 18 heavy (non-hydrogen) atoms. The van der Waals surface area contributed by atoms with Crippen LogP contribution in [0.15, 0.2) is 22.9 Å². The van der Waals surface area contributed by atoms with E-state index in [4.69, 9.17) is 11.6 Å². The Hall–Kier alpha value is -1.47. The van der Waals surface area contributed by atoms with E-state index in [9.17, 15) is 10.1 Å². The molecule has 0 bridgehead atoms. The zero-order chi connectivity index (χ0) is 13.3. The van der Waals surface area contributed by atoms with E-state index in [2.05, 4.69) is 26.0 Å². The summed E-state index contributed by atoms with van der Waals surface area (Å²) in [5.74, 6) is 0.379. The molecule has 2 aromatic heterocycles. The highest BCUT2D eigenvalue weighted by Crippen LogP contribution is 2.31. The van der Waals surface area contributed by atoms with Crippen molar-refractivity contribution in [1.82, 2.24) is 14.8 Å². The van der Waals surface area contributed by atoms with Crippen LogP contribution in [0.25, 0.3) is 5.82 Å². The molecule has 0 fully saturated rings. The molecule has 8 heteroatoms. The quantitative estimate of drug-likeness (QED) is 0.639. The molecule has 0 aromatic carbocycles. The van der Waals surface area contributed by atoms with Crippen molar-refractivity contribution in [2.45, 2.75) is 13.3 Å². The predicted octanol–water partition coefficient (Wildman–Crippen LogP) is 3.15. The standard InChI is InChI=1S/C10H8BrClN4O2/c1-2-7-8(16(17)18)9(11)14-15(7)10-6(12)4-3-5-13-10/h3-5H,2H2,1H3. The topological polar surface area (TPSA) is 73.8 Å². The van der Waals surface area contributed by atoms with E-state index in [0.717, 1.165) is 0 Å². The van der Waals surface area contributed by atoms with Crippen LogP contribution < -0.4 is 0 Å². The summed E-state index contributed by atoms with van der Waals surface area (Å²) in [5.41, 5.74) is 0.395. The Morgan fingerprint density at radius 2 is 2.33 bits per heavy atom. The van der Waals surface area contributed by atoms with Gasteiger partial charge < -0.3 is 0 Å². The maximum Gasteiger partial charge on any atom is 0.325 e. The smallest absolute Gasteiger partial charge is 0.258 e. The molecule has 0 aliphatic rings. The summed E-state index contributed by atoms with van der Waals surface area (Å²) in [7, 11) is 0. The molecule has 0 saturated heterocycles. The molecule has 94 valence electrons. The average Bonchev–Trinajstić information content (AvgIpc) is 2.66. The van der Waals surface area contributed by atoms with Crippen molar-refractivity contribution in [3.05, 3.63) is 43.8 Å². The van der Waals surface area contributed by atoms with Crippen LogP contribution >= 0.6 is 27.5 Å². The zero-order valence-electron chi connectivity index (χ0n) is 9.30. The molecule has 0 atom stereocenters. The minimum atomic E-state index is -0.469. The van der Waals surface area contributed by atoms with Gasteiger partial charge in [0.2, 0.25) is 4.60 Å². The van der Waals surface area contributed by atoms with Crippen LogP contribution in [0.2, 0.25) is 5.02 Å². The van der Waals surface area contributed by atoms with Gasteiger partial charge in [0.25, 0.3) is 0 Å². The fourth-order valence-electron chi connectivity index (χ4n) is 1.62. The fraction of sp³-hybridized carbons (Fsp3) is 0.200. The van der Waals surface area contributed by atoms with Crippen LogP contribution in [0.5, 0.6) is 0 Å². The second-order valence-corrected chi connectivity index (χ2v) is 4.58. The lowest BCUT2D eigenvalue weighted by atomic mass is 10.3. The number of nitro groups is 1. The Morgan fingerprint density at radius 3 is 2.89 bits per heavy atom. The van der Waals surface area contributed by atoms with Gasteiger partial charge >= 0.3 is 5.69 Å². The van der Waals surface area contributed by atoms with Crippen molar-refractivity contribution in [3.63, 3.8) is 0 Å². The Morgan fingerprint density at radius 1 is 1.61 bits per heavy atom. The van der Waals surface area contributed by atoms with E-state index in [0.29, 0.717) is 23.0 Å². The van der Waals surface area contributed by atoms with Gasteiger partial charge in [0, 0.05) is 6.20 Å². The summed E-state index contributed by atoms with van der Waals surface area (Å²) in [5, 5.41) is 15.5. The summed E-state index contributed by atoms with van der Waals surface area (Å²) in [6.07, 6.45) is 2.00. The first-order valence-electron chi connectivity index (χ1n) is 5.09. The van der Waals surface area contributed by atoms with E-state index < -0.39 is 4.92 Å². The third kappa shape index (κ3) is 2.11. The lowest BCUT2D eigenvalue weighted by Crippen LogP contribution is -2.05. The Labute approximate surface area is 116 Å². The summed E-state index contributed by atoms with van der Waals surface area (Å²) in [4.78, 5) is 14.6. The van der Waals surface area contributed by atoms with E-state index in [1.165, 1.54) is 4.68 Å². The van der Waals surface area contributed by atoms with Crippen LogP contribution in [0.4, 0.5) is 5.69 Å².